The molecule has 0 unspecified atom stereocenters. The van der Waals surface area contributed by atoms with Crippen LogP contribution in [-0.4, -0.2) is 18.3 Å². The van der Waals surface area contributed by atoms with Crippen LogP contribution in [0.4, 0.5) is 0 Å². The molecule has 246 valence electrons. The zero-order valence-corrected chi connectivity index (χ0v) is 31.3. The van der Waals surface area contributed by atoms with Crippen LogP contribution in [0.5, 0.6) is 0 Å². The molecule has 5 aromatic carbocycles. The Morgan fingerprint density at radius 3 is 1.69 bits per heavy atom. The van der Waals surface area contributed by atoms with Crippen LogP contribution in [0.1, 0.15) is 103 Å². The van der Waals surface area contributed by atoms with E-state index in [0.29, 0.717) is 0 Å². The summed E-state index contributed by atoms with van der Waals surface area (Å²) < 4.78 is 16.1. The first-order valence-corrected chi connectivity index (χ1v) is 18.6. The van der Waals surface area contributed by atoms with E-state index in [-0.39, 0.29) is 10.8 Å². The smallest absolute Gasteiger partial charge is 0.399 e. The van der Waals surface area contributed by atoms with Gasteiger partial charge in [0.25, 0.3) is 0 Å². The van der Waals surface area contributed by atoms with Gasteiger partial charge in [-0.25, -0.2) is 0 Å². The fourth-order valence-electron chi connectivity index (χ4n) is 8.61. The molecule has 2 aliphatic carbocycles. The Hall–Kier alpha value is -3.70. The second-order valence-electron chi connectivity index (χ2n) is 17.6. The summed E-state index contributed by atoms with van der Waals surface area (Å²) in [5.41, 5.74) is 13.3. The second kappa shape index (κ2) is 9.75. The summed E-state index contributed by atoms with van der Waals surface area (Å²) >= 11 is 1.90. The highest BCUT2D eigenvalue weighted by molar-refractivity contribution is 7.26. The fourth-order valence-corrected chi connectivity index (χ4v) is 9.72. The van der Waals surface area contributed by atoms with Crippen molar-refractivity contribution in [3.8, 4) is 22.3 Å². The molecule has 6 aromatic rings. The Morgan fingerprint density at radius 2 is 1.10 bits per heavy atom. The first-order chi connectivity index (χ1) is 23.0. The molecule has 9 rings (SSSR count). The van der Waals surface area contributed by atoms with Crippen LogP contribution >= 0.6 is 11.3 Å². The van der Waals surface area contributed by atoms with Crippen LogP contribution in [0, 0.1) is 0 Å². The molecule has 2 nitrogen and oxygen atoms in total. The minimum atomic E-state index is -0.491. The molecular formula is C45H45BO2S. The number of benzene rings is 5. The summed E-state index contributed by atoms with van der Waals surface area (Å²) in [6.07, 6.45) is 0. The highest BCUT2D eigenvalue weighted by Gasteiger charge is 2.55. The molecule has 0 atom stereocenters. The van der Waals surface area contributed by atoms with Gasteiger partial charge in [0.15, 0.2) is 0 Å². The van der Waals surface area contributed by atoms with Crippen LogP contribution in [0.15, 0.2) is 91.0 Å². The lowest BCUT2D eigenvalue weighted by atomic mass is 9.67. The van der Waals surface area contributed by atoms with Gasteiger partial charge in [0.2, 0.25) is 0 Å². The van der Waals surface area contributed by atoms with Gasteiger partial charge in [0.05, 0.1) is 16.6 Å². The lowest BCUT2D eigenvalue weighted by molar-refractivity contribution is 0.00578. The van der Waals surface area contributed by atoms with E-state index in [0.717, 1.165) is 5.46 Å². The number of rotatable bonds is 1. The van der Waals surface area contributed by atoms with Crippen molar-refractivity contribution in [1.29, 1.82) is 0 Å². The zero-order valence-electron chi connectivity index (χ0n) is 30.5. The minimum absolute atomic E-state index is 0.00385. The van der Waals surface area contributed by atoms with Crippen molar-refractivity contribution in [2.75, 3.05) is 0 Å². The highest BCUT2D eigenvalue weighted by atomic mass is 32.1. The normalized spacial score (nSPS) is 18.3. The molecule has 1 fully saturated rings. The monoisotopic (exact) mass is 660 g/mol. The predicted molar refractivity (Wildman–Crippen MR) is 209 cm³/mol. The third kappa shape index (κ3) is 4.15. The van der Waals surface area contributed by atoms with E-state index in [1.807, 2.05) is 11.3 Å². The van der Waals surface area contributed by atoms with E-state index < -0.39 is 23.7 Å². The molecule has 0 amide bonds. The van der Waals surface area contributed by atoms with Gasteiger partial charge in [-0.15, -0.1) is 11.3 Å². The van der Waals surface area contributed by atoms with Crippen LogP contribution in [0.3, 0.4) is 0 Å². The largest absolute Gasteiger partial charge is 0.494 e. The summed E-state index contributed by atoms with van der Waals surface area (Å²) in [7, 11) is -0.444. The Bertz CT molecular complexity index is 2300. The maximum Gasteiger partial charge on any atom is 0.494 e. The molecule has 0 bridgehead atoms. The third-order valence-corrected chi connectivity index (χ3v) is 13.2. The SMILES string of the molecule is CC(C)(C)c1ccc2c(c1)C1(c3cc(C(C)(C)C)ccc3-2)c2cc(B3OC(C)(C)C(C)(C)O3)ccc2-c2c1ccc1sc3ccccc3c21. The molecule has 0 N–H and O–H groups in total. The van der Waals surface area contributed by atoms with Gasteiger partial charge in [-0.2, -0.15) is 0 Å². The molecule has 0 radical (unpaired) electrons. The van der Waals surface area contributed by atoms with Crippen LogP contribution in [0.25, 0.3) is 42.4 Å². The van der Waals surface area contributed by atoms with Gasteiger partial charge in [0, 0.05) is 20.2 Å². The van der Waals surface area contributed by atoms with Gasteiger partial charge in [-0.05, 0) is 112 Å². The van der Waals surface area contributed by atoms with E-state index >= 15 is 0 Å². The van der Waals surface area contributed by atoms with E-state index in [9.17, 15) is 0 Å². The van der Waals surface area contributed by atoms with Crippen molar-refractivity contribution in [3.63, 3.8) is 0 Å². The lowest BCUT2D eigenvalue weighted by Gasteiger charge is -2.33. The van der Waals surface area contributed by atoms with E-state index in [4.69, 9.17) is 9.31 Å². The topological polar surface area (TPSA) is 18.5 Å². The van der Waals surface area contributed by atoms with Crippen LogP contribution < -0.4 is 5.46 Å². The molecule has 1 aliphatic heterocycles. The van der Waals surface area contributed by atoms with Crippen molar-refractivity contribution in [2.45, 2.75) is 96.7 Å². The standard InChI is InChI=1S/C45H45BO2S/c1-41(2,3)26-15-18-29-30-19-16-27(42(4,5)6)24-35(30)45(34(29)23-26)33-21-22-38-40(32-13-11-12-14-37(32)49-38)39(33)31-20-17-28(25-36(31)45)46-47-43(7,8)44(9,10)48-46/h11-25H,1-10H3. The van der Waals surface area contributed by atoms with E-state index in [2.05, 4.69) is 160 Å². The van der Waals surface area contributed by atoms with E-state index in [1.54, 1.807) is 0 Å². The summed E-state index contributed by atoms with van der Waals surface area (Å²) in [4.78, 5) is 0. The molecule has 4 heteroatoms. The van der Waals surface area contributed by atoms with Crippen molar-refractivity contribution in [2.24, 2.45) is 0 Å². The van der Waals surface area contributed by atoms with Crippen molar-refractivity contribution >= 4 is 44.1 Å². The highest BCUT2D eigenvalue weighted by Crippen LogP contribution is 2.65. The average molecular weight is 661 g/mol. The maximum absolute atomic E-state index is 6.70. The first-order valence-electron chi connectivity index (χ1n) is 17.8. The van der Waals surface area contributed by atoms with Crippen molar-refractivity contribution in [1.82, 2.24) is 0 Å². The second-order valence-corrected chi connectivity index (χ2v) is 18.7. The Morgan fingerprint density at radius 1 is 0.551 bits per heavy atom. The van der Waals surface area contributed by atoms with Crippen molar-refractivity contribution in [3.05, 3.63) is 124 Å². The summed E-state index contributed by atoms with van der Waals surface area (Å²) in [5, 5.41) is 2.70. The number of hydrogen-bond donors (Lipinski definition) is 0. The Labute approximate surface area is 295 Å². The van der Waals surface area contributed by atoms with Crippen LogP contribution in [0.2, 0.25) is 0 Å². The zero-order chi connectivity index (χ0) is 34.5. The van der Waals surface area contributed by atoms with Gasteiger partial charge in [0.1, 0.15) is 0 Å². The maximum atomic E-state index is 6.70. The Balaban J connectivity index is 1.44. The summed E-state index contributed by atoms with van der Waals surface area (Å²) in [6.45, 7) is 22.5. The number of hydrogen-bond acceptors (Lipinski definition) is 3. The van der Waals surface area contributed by atoms with Crippen LogP contribution in [-0.2, 0) is 25.6 Å². The van der Waals surface area contributed by atoms with Gasteiger partial charge in [-0.3, -0.25) is 0 Å². The molecule has 1 spiro atoms. The lowest BCUT2D eigenvalue weighted by Crippen LogP contribution is -2.41. The Kier molecular flexibility index (Phi) is 6.23. The number of fused-ring (bicyclic) bond motifs is 14. The summed E-state index contributed by atoms with van der Waals surface area (Å²) in [5.74, 6) is 0. The molecule has 1 aromatic heterocycles. The molecule has 0 saturated carbocycles. The molecular weight excluding hydrogens is 615 g/mol. The van der Waals surface area contributed by atoms with Gasteiger partial charge >= 0.3 is 7.12 Å². The molecule has 49 heavy (non-hydrogen) atoms. The van der Waals surface area contributed by atoms with Gasteiger partial charge in [-0.1, -0.05) is 120 Å². The third-order valence-electron chi connectivity index (χ3n) is 12.1. The fraction of sp³-hybridized carbons (Fsp3) is 0.333. The quantitative estimate of drug-likeness (QED) is 0.163. The molecule has 2 heterocycles. The minimum Gasteiger partial charge on any atom is -0.399 e. The average Bonchev–Trinajstić information content (AvgIpc) is 3.71. The van der Waals surface area contributed by atoms with Gasteiger partial charge < -0.3 is 9.31 Å². The predicted octanol–water partition coefficient (Wildman–Crippen LogP) is 11.3. The number of thiophene rings is 1. The molecule has 3 aliphatic rings. The van der Waals surface area contributed by atoms with E-state index in [1.165, 1.54) is 75.8 Å². The molecule has 1 saturated heterocycles. The first kappa shape index (κ1) is 31.3. The summed E-state index contributed by atoms with van der Waals surface area (Å²) in [6, 6.07) is 35.4. The van der Waals surface area contributed by atoms with Crippen molar-refractivity contribution < 1.29 is 9.31 Å².